The first-order chi connectivity index (χ1) is 10.3. The van der Waals surface area contributed by atoms with E-state index < -0.39 is 0 Å². The summed E-state index contributed by atoms with van der Waals surface area (Å²) in [5, 5.41) is 7.61. The second-order valence-electron chi connectivity index (χ2n) is 5.42. The maximum absolute atomic E-state index is 5.42. The lowest BCUT2D eigenvalue weighted by Gasteiger charge is -2.14. The molecular formula is C16H21N3O2. The Hall–Kier alpha value is -1.88. The molecule has 21 heavy (non-hydrogen) atoms. The zero-order chi connectivity index (χ0) is 14.7. The lowest BCUT2D eigenvalue weighted by molar-refractivity contribution is 0.348. The van der Waals surface area contributed by atoms with Gasteiger partial charge in [0, 0.05) is 12.5 Å². The molecule has 0 aliphatic heterocycles. The van der Waals surface area contributed by atoms with Crippen molar-refractivity contribution in [3.63, 3.8) is 0 Å². The Morgan fingerprint density at radius 2 is 2.19 bits per heavy atom. The predicted octanol–water partition coefficient (Wildman–Crippen LogP) is 2.68. The van der Waals surface area contributed by atoms with Gasteiger partial charge in [0.2, 0.25) is 11.7 Å². The number of nitrogens with one attached hydrogen (secondary N) is 1. The molecule has 1 fully saturated rings. The summed E-state index contributed by atoms with van der Waals surface area (Å²) in [4.78, 5) is 4.52. The maximum atomic E-state index is 5.42. The van der Waals surface area contributed by atoms with E-state index in [1.54, 1.807) is 7.11 Å². The molecule has 1 aliphatic rings. The monoisotopic (exact) mass is 287 g/mol. The Bertz CT molecular complexity index is 593. The van der Waals surface area contributed by atoms with Crippen LogP contribution >= 0.6 is 0 Å². The van der Waals surface area contributed by atoms with Gasteiger partial charge in [0.15, 0.2) is 0 Å². The molecule has 1 saturated carbocycles. The Morgan fingerprint density at radius 1 is 1.38 bits per heavy atom. The number of aromatic nitrogens is 2. The van der Waals surface area contributed by atoms with E-state index >= 15 is 0 Å². The molecule has 1 heterocycles. The molecule has 5 nitrogen and oxygen atoms in total. The summed E-state index contributed by atoms with van der Waals surface area (Å²) in [6, 6.07) is 8.16. The number of nitrogens with zero attached hydrogens (tertiary/aromatic N) is 2. The molecule has 1 aromatic carbocycles. The highest BCUT2D eigenvalue weighted by molar-refractivity contribution is 5.63. The number of hydrogen-bond donors (Lipinski definition) is 1. The highest BCUT2D eigenvalue weighted by Crippen LogP contribution is 2.34. The van der Waals surface area contributed by atoms with Crippen molar-refractivity contribution in [2.45, 2.75) is 32.2 Å². The number of hydrogen-bond acceptors (Lipinski definition) is 5. The van der Waals surface area contributed by atoms with Gasteiger partial charge in [-0.1, -0.05) is 24.2 Å². The maximum Gasteiger partial charge on any atom is 0.228 e. The van der Waals surface area contributed by atoms with Crippen molar-refractivity contribution in [3.8, 4) is 17.1 Å². The van der Waals surface area contributed by atoms with Crippen LogP contribution in [0.4, 0.5) is 0 Å². The fraction of sp³-hybridized carbons (Fsp3) is 0.500. The van der Waals surface area contributed by atoms with Crippen LogP contribution in [-0.2, 0) is 6.42 Å². The smallest absolute Gasteiger partial charge is 0.228 e. The van der Waals surface area contributed by atoms with E-state index in [2.05, 4.69) is 22.4 Å². The third kappa shape index (κ3) is 3.24. The Morgan fingerprint density at radius 3 is 2.90 bits per heavy atom. The fourth-order valence-corrected chi connectivity index (χ4v) is 2.63. The van der Waals surface area contributed by atoms with Gasteiger partial charge < -0.3 is 14.6 Å². The Labute approximate surface area is 124 Å². The third-order valence-corrected chi connectivity index (χ3v) is 3.87. The van der Waals surface area contributed by atoms with E-state index in [9.17, 15) is 0 Å². The van der Waals surface area contributed by atoms with Crippen LogP contribution in [0.5, 0.6) is 5.75 Å². The van der Waals surface area contributed by atoms with E-state index in [1.165, 1.54) is 12.8 Å². The summed E-state index contributed by atoms with van der Waals surface area (Å²) in [5.41, 5.74) is 0.862. The largest absolute Gasteiger partial charge is 0.496 e. The van der Waals surface area contributed by atoms with E-state index in [4.69, 9.17) is 9.26 Å². The van der Waals surface area contributed by atoms with Gasteiger partial charge in [-0.25, -0.2) is 0 Å². The van der Waals surface area contributed by atoms with E-state index in [1.807, 2.05) is 24.3 Å². The highest BCUT2D eigenvalue weighted by Gasteiger charge is 2.32. The first kappa shape index (κ1) is 14.1. The summed E-state index contributed by atoms with van der Waals surface area (Å²) in [5.74, 6) is 2.80. The molecule has 1 aliphatic carbocycles. The van der Waals surface area contributed by atoms with Crippen molar-refractivity contribution in [1.82, 2.24) is 15.5 Å². The number of likely N-dealkylation sites (N-methyl/N-ethyl adjacent to an activating group) is 1. The van der Waals surface area contributed by atoms with E-state index in [-0.39, 0.29) is 0 Å². The molecule has 0 saturated heterocycles. The molecule has 1 N–H and O–H groups in total. The summed E-state index contributed by atoms with van der Waals surface area (Å²) >= 11 is 0. The highest BCUT2D eigenvalue weighted by atomic mass is 16.5. The molecule has 3 rings (SSSR count). The molecule has 5 heteroatoms. The molecule has 1 aromatic heterocycles. The fourth-order valence-electron chi connectivity index (χ4n) is 2.63. The molecule has 0 spiro atoms. The van der Waals surface area contributed by atoms with Crippen molar-refractivity contribution in [2.75, 3.05) is 13.7 Å². The number of benzene rings is 1. The minimum Gasteiger partial charge on any atom is -0.496 e. The van der Waals surface area contributed by atoms with Crippen LogP contribution in [0.15, 0.2) is 28.8 Å². The van der Waals surface area contributed by atoms with Gasteiger partial charge in [-0.05, 0) is 37.4 Å². The molecule has 0 radical (unpaired) electrons. The molecular weight excluding hydrogens is 266 g/mol. The third-order valence-electron chi connectivity index (χ3n) is 3.87. The van der Waals surface area contributed by atoms with Gasteiger partial charge in [-0.3, -0.25) is 0 Å². The van der Waals surface area contributed by atoms with Crippen LogP contribution in [0.1, 0.15) is 25.7 Å². The summed E-state index contributed by atoms with van der Waals surface area (Å²) in [6.07, 6.45) is 3.39. The van der Waals surface area contributed by atoms with Crippen molar-refractivity contribution in [1.29, 1.82) is 0 Å². The van der Waals surface area contributed by atoms with Gasteiger partial charge in [0.25, 0.3) is 0 Å². The van der Waals surface area contributed by atoms with Crippen molar-refractivity contribution in [2.24, 2.45) is 5.92 Å². The second-order valence-corrected chi connectivity index (χ2v) is 5.42. The predicted molar refractivity (Wildman–Crippen MR) is 80.2 cm³/mol. The van der Waals surface area contributed by atoms with Crippen LogP contribution < -0.4 is 10.1 Å². The van der Waals surface area contributed by atoms with Crippen LogP contribution in [0.2, 0.25) is 0 Å². The molecule has 1 unspecified atom stereocenters. The normalized spacial score (nSPS) is 15.9. The SMILES string of the molecule is CCNC(Cc1nc(-c2ccccc2OC)no1)C1CC1. The second kappa shape index (κ2) is 6.26. The average molecular weight is 287 g/mol. The lowest BCUT2D eigenvalue weighted by atomic mass is 10.1. The number of rotatable bonds is 7. The topological polar surface area (TPSA) is 60.2 Å². The zero-order valence-electron chi connectivity index (χ0n) is 12.5. The van der Waals surface area contributed by atoms with Crippen LogP contribution in [0.3, 0.4) is 0 Å². The van der Waals surface area contributed by atoms with Gasteiger partial charge in [-0.2, -0.15) is 4.98 Å². The summed E-state index contributed by atoms with van der Waals surface area (Å²) in [6.45, 7) is 3.10. The Kier molecular flexibility index (Phi) is 4.20. The van der Waals surface area contributed by atoms with Gasteiger partial charge >= 0.3 is 0 Å². The zero-order valence-corrected chi connectivity index (χ0v) is 12.5. The number of para-hydroxylation sites is 1. The first-order valence-electron chi connectivity index (χ1n) is 7.51. The summed E-state index contributed by atoms with van der Waals surface area (Å²) < 4.78 is 10.8. The first-order valence-corrected chi connectivity index (χ1v) is 7.51. The molecule has 1 atom stereocenters. The van der Waals surface area contributed by atoms with E-state index in [0.717, 1.165) is 30.2 Å². The molecule has 0 amide bonds. The molecule has 2 aromatic rings. The molecule has 0 bridgehead atoms. The Balaban J connectivity index is 1.76. The standard InChI is InChI=1S/C16H21N3O2/c1-3-17-13(11-8-9-11)10-15-18-16(19-21-15)12-6-4-5-7-14(12)20-2/h4-7,11,13,17H,3,8-10H2,1-2H3. The van der Waals surface area contributed by atoms with Gasteiger partial charge in [0.1, 0.15) is 5.75 Å². The molecule has 112 valence electrons. The quantitative estimate of drug-likeness (QED) is 0.848. The van der Waals surface area contributed by atoms with Crippen molar-refractivity contribution < 1.29 is 9.26 Å². The number of ether oxygens (including phenoxy) is 1. The summed E-state index contributed by atoms with van der Waals surface area (Å²) in [7, 11) is 1.65. The van der Waals surface area contributed by atoms with Gasteiger partial charge in [-0.15, -0.1) is 0 Å². The number of methoxy groups -OCH3 is 1. The minimum absolute atomic E-state index is 0.445. The van der Waals surface area contributed by atoms with Crippen molar-refractivity contribution in [3.05, 3.63) is 30.2 Å². The average Bonchev–Trinajstić information content (AvgIpc) is 3.26. The van der Waals surface area contributed by atoms with Crippen LogP contribution in [-0.4, -0.2) is 29.8 Å². The minimum atomic E-state index is 0.445. The van der Waals surface area contributed by atoms with Crippen molar-refractivity contribution >= 4 is 0 Å². The lowest BCUT2D eigenvalue weighted by Crippen LogP contribution is -2.33. The van der Waals surface area contributed by atoms with Crippen LogP contribution in [0.25, 0.3) is 11.4 Å². The van der Waals surface area contributed by atoms with Crippen LogP contribution in [0, 0.1) is 5.92 Å². The van der Waals surface area contributed by atoms with Gasteiger partial charge in [0.05, 0.1) is 12.7 Å². The van der Waals surface area contributed by atoms with E-state index in [0.29, 0.717) is 17.8 Å².